The molecule has 2 aromatic heterocycles. The zero-order valence-electron chi connectivity index (χ0n) is 9.11. The van der Waals surface area contributed by atoms with Crippen molar-refractivity contribution in [1.29, 1.82) is 0 Å². The molecule has 0 N–H and O–H groups in total. The van der Waals surface area contributed by atoms with Crippen molar-refractivity contribution in [3.8, 4) is 0 Å². The third-order valence-corrected chi connectivity index (χ3v) is 2.56. The Bertz CT molecular complexity index is 659. The van der Waals surface area contributed by atoms with E-state index in [9.17, 15) is 9.59 Å². The van der Waals surface area contributed by atoms with Crippen LogP contribution in [0.2, 0.25) is 0 Å². The van der Waals surface area contributed by atoms with Crippen molar-refractivity contribution in [2.24, 2.45) is 28.2 Å². The minimum atomic E-state index is -0.331. The van der Waals surface area contributed by atoms with Gasteiger partial charge in [0.05, 0.1) is 14.1 Å². The first kappa shape index (κ1) is 9.70. The number of hydrogen-bond acceptors (Lipinski definition) is 2. The standard InChI is InChI=1S/C9H12N4O2/c1-10-5-11(2)7-6(10)8(14)13(4)9(15)12(7)3/h1-4H3/q+1. The molecule has 0 unspecified atom stereocenters. The molecule has 15 heavy (non-hydrogen) atoms. The molecule has 2 heterocycles. The smallest absolute Gasteiger partial charge is 0.264 e. The van der Waals surface area contributed by atoms with Crippen molar-refractivity contribution in [2.75, 3.05) is 0 Å². The van der Waals surface area contributed by atoms with E-state index in [1.165, 1.54) is 11.6 Å². The summed E-state index contributed by atoms with van der Waals surface area (Å²) in [5.41, 5.74) is 0.419. The van der Waals surface area contributed by atoms with Gasteiger partial charge in [-0.3, -0.25) is 13.9 Å². The predicted octanol–water partition coefficient (Wildman–Crippen LogP) is -1.80. The van der Waals surface area contributed by atoms with Crippen LogP contribution in [0.5, 0.6) is 0 Å². The topological polar surface area (TPSA) is 52.8 Å². The van der Waals surface area contributed by atoms with E-state index in [0.717, 1.165) is 4.57 Å². The summed E-state index contributed by atoms with van der Waals surface area (Å²) in [5.74, 6) is 0. The maximum absolute atomic E-state index is 11.8. The van der Waals surface area contributed by atoms with E-state index in [1.54, 1.807) is 30.3 Å². The highest BCUT2D eigenvalue weighted by Crippen LogP contribution is 1.99. The fourth-order valence-corrected chi connectivity index (χ4v) is 1.82. The van der Waals surface area contributed by atoms with E-state index < -0.39 is 0 Å². The average molecular weight is 208 g/mol. The Hall–Kier alpha value is -1.85. The lowest BCUT2D eigenvalue weighted by Crippen LogP contribution is -2.41. The predicted molar refractivity (Wildman–Crippen MR) is 53.4 cm³/mol. The highest BCUT2D eigenvalue weighted by molar-refractivity contribution is 5.65. The van der Waals surface area contributed by atoms with Crippen LogP contribution >= 0.6 is 0 Å². The van der Waals surface area contributed by atoms with Crippen molar-refractivity contribution < 1.29 is 4.57 Å². The lowest BCUT2D eigenvalue weighted by molar-refractivity contribution is -0.650. The molecule has 6 nitrogen and oxygen atoms in total. The molecule has 0 aliphatic carbocycles. The van der Waals surface area contributed by atoms with Crippen molar-refractivity contribution >= 4 is 11.2 Å². The maximum Gasteiger partial charge on any atom is 0.375 e. The number of fused-ring (bicyclic) bond motifs is 1. The second-order valence-electron chi connectivity index (χ2n) is 3.60. The van der Waals surface area contributed by atoms with E-state index in [2.05, 4.69) is 6.33 Å². The maximum atomic E-state index is 11.8. The molecule has 0 atom stereocenters. The fraction of sp³-hybridized carbons (Fsp3) is 0.444. The summed E-state index contributed by atoms with van der Waals surface area (Å²) < 4.78 is 5.76. The van der Waals surface area contributed by atoms with Crippen LogP contribution in [-0.4, -0.2) is 13.7 Å². The molecule has 0 spiro atoms. The third-order valence-electron chi connectivity index (χ3n) is 2.56. The van der Waals surface area contributed by atoms with Gasteiger partial charge in [-0.05, 0) is 0 Å². The van der Waals surface area contributed by atoms with Crippen molar-refractivity contribution in [2.45, 2.75) is 0 Å². The van der Waals surface area contributed by atoms with Crippen LogP contribution in [0.15, 0.2) is 9.59 Å². The Morgan fingerprint density at radius 1 is 1.13 bits per heavy atom. The van der Waals surface area contributed by atoms with Gasteiger partial charge in [-0.15, -0.1) is 0 Å². The summed E-state index contributed by atoms with van der Waals surface area (Å²) in [6.45, 7) is 0. The SMILES string of the molecule is Cn1c(=O)c2c(n(C)[c][n+]2C)n(C)c1=O. The monoisotopic (exact) mass is 208 g/mol. The van der Waals surface area contributed by atoms with Gasteiger partial charge in [-0.1, -0.05) is 0 Å². The molecule has 0 aliphatic heterocycles. The Labute approximate surface area is 85.6 Å². The number of nitrogens with zero attached hydrogens (tertiary/aromatic N) is 4. The van der Waals surface area contributed by atoms with E-state index in [0.29, 0.717) is 11.2 Å². The highest BCUT2D eigenvalue weighted by Gasteiger charge is 2.21. The first-order chi connectivity index (χ1) is 6.95. The summed E-state index contributed by atoms with van der Waals surface area (Å²) in [6, 6.07) is 0. The van der Waals surface area contributed by atoms with Crippen LogP contribution in [0.4, 0.5) is 0 Å². The van der Waals surface area contributed by atoms with Crippen LogP contribution in [0.25, 0.3) is 11.2 Å². The van der Waals surface area contributed by atoms with Crippen LogP contribution in [0.3, 0.4) is 0 Å². The highest BCUT2D eigenvalue weighted by atomic mass is 16.2. The molecule has 79 valence electrons. The van der Waals surface area contributed by atoms with Crippen LogP contribution in [0.1, 0.15) is 0 Å². The molecule has 1 radical (unpaired) electrons. The molecule has 0 saturated carbocycles. The molecule has 2 aromatic rings. The summed E-state index contributed by atoms with van der Waals surface area (Å²) in [4.78, 5) is 23.5. The molecule has 0 fully saturated rings. The van der Waals surface area contributed by atoms with E-state index in [4.69, 9.17) is 0 Å². The van der Waals surface area contributed by atoms with Crippen molar-refractivity contribution in [3.05, 3.63) is 27.2 Å². The fourth-order valence-electron chi connectivity index (χ4n) is 1.82. The van der Waals surface area contributed by atoms with Crippen LogP contribution < -0.4 is 15.8 Å². The number of aromatic nitrogens is 4. The second-order valence-corrected chi connectivity index (χ2v) is 3.60. The van der Waals surface area contributed by atoms with E-state index in [1.807, 2.05) is 0 Å². The second kappa shape index (κ2) is 2.82. The Balaban J connectivity index is 3.26. The lowest BCUT2D eigenvalue weighted by atomic mass is 10.5. The van der Waals surface area contributed by atoms with Gasteiger partial charge in [0.1, 0.15) is 0 Å². The summed E-state index contributed by atoms with van der Waals surface area (Å²) >= 11 is 0. The van der Waals surface area contributed by atoms with E-state index in [-0.39, 0.29) is 11.2 Å². The Morgan fingerprint density at radius 3 is 2.33 bits per heavy atom. The minimum absolute atomic E-state index is 0.299. The molecule has 0 saturated heterocycles. The van der Waals surface area contributed by atoms with Crippen LogP contribution in [0, 0.1) is 6.33 Å². The third kappa shape index (κ3) is 1.07. The molecular formula is C9H12N4O2+. The molecular weight excluding hydrogens is 196 g/mol. The first-order valence-corrected chi connectivity index (χ1v) is 4.49. The number of rotatable bonds is 0. The van der Waals surface area contributed by atoms with Crippen molar-refractivity contribution in [3.63, 3.8) is 0 Å². The quantitative estimate of drug-likeness (QED) is 0.480. The Kier molecular flexibility index (Phi) is 1.82. The number of hydrogen-bond donors (Lipinski definition) is 0. The molecule has 0 amide bonds. The van der Waals surface area contributed by atoms with E-state index >= 15 is 0 Å². The lowest BCUT2D eigenvalue weighted by Gasteiger charge is -2.00. The van der Waals surface area contributed by atoms with Crippen molar-refractivity contribution in [1.82, 2.24) is 13.7 Å². The molecule has 0 aromatic carbocycles. The molecule has 0 bridgehead atoms. The van der Waals surface area contributed by atoms with Gasteiger partial charge in [0, 0.05) is 14.1 Å². The zero-order chi connectivity index (χ0) is 11.3. The first-order valence-electron chi connectivity index (χ1n) is 4.49. The largest absolute Gasteiger partial charge is 0.375 e. The van der Waals surface area contributed by atoms with Gasteiger partial charge < -0.3 is 0 Å². The van der Waals surface area contributed by atoms with Gasteiger partial charge in [0.25, 0.3) is 11.2 Å². The van der Waals surface area contributed by atoms with Gasteiger partial charge in [0.15, 0.2) is 0 Å². The van der Waals surface area contributed by atoms with Gasteiger partial charge in [0.2, 0.25) is 0 Å². The summed E-state index contributed by atoms with van der Waals surface area (Å²) in [6.07, 6.45) is 2.91. The molecule has 2 rings (SSSR count). The molecule has 0 aliphatic rings. The average Bonchev–Trinajstić information content (AvgIpc) is 2.47. The zero-order valence-corrected chi connectivity index (χ0v) is 9.11. The Morgan fingerprint density at radius 2 is 1.73 bits per heavy atom. The summed E-state index contributed by atoms with van der Waals surface area (Å²) in [5, 5.41) is 0. The minimum Gasteiger partial charge on any atom is -0.264 e. The van der Waals surface area contributed by atoms with Gasteiger partial charge in [-0.25, -0.2) is 13.9 Å². The molecule has 6 heteroatoms. The van der Waals surface area contributed by atoms with Crippen LogP contribution in [-0.2, 0) is 28.2 Å². The summed E-state index contributed by atoms with van der Waals surface area (Å²) in [7, 11) is 6.59. The van der Waals surface area contributed by atoms with Gasteiger partial charge in [-0.2, -0.15) is 0 Å². The van der Waals surface area contributed by atoms with Gasteiger partial charge >= 0.3 is 17.6 Å². The number of aryl methyl sites for hydroxylation is 3. The number of imidazole rings is 1. The normalized spacial score (nSPS) is 11.2.